The zero-order valence-electron chi connectivity index (χ0n) is 16.8. The highest BCUT2D eigenvalue weighted by molar-refractivity contribution is 9.10. The fourth-order valence-electron chi connectivity index (χ4n) is 2.85. The van der Waals surface area contributed by atoms with Crippen molar-refractivity contribution < 1.29 is 13.2 Å². The second-order valence-corrected chi connectivity index (χ2v) is 9.82. The maximum absolute atomic E-state index is 12.8. The van der Waals surface area contributed by atoms with E-state index in [0.717, 1.165) is 15.6 Å². The van der Waals surface area contributed by atoms with Crippen LogP contribution in [0, 0.1) is 13.8 Å². The van der Waals surface area contributed by atoms with Crippen molar-refractivity contribution in [2.24, 2.45) is 0 Å². The van der Waals surface area contributed by atoms with Gasteiger partial charge in [-0.2, -0.15) is 0 Å². The zero-order chi connectivity index (χ0) is 22.6. The predicted octanol–water partition coefficient (Wildman–Crippen LogP) is 4.99. The van der Waals surface area contributed by atoms with Crippen LogP contribution < -0.4 is 15.4 Å². The first-order valence-electron chi connectivity index (χ1n) is 9.23. The van der Waals surface area contributed by atoms with Crippen molar-refractivity contribution in [1.82, 2.24) is 5.32 Å². The number of amides is 1. The molecule has 9 heteroatoms. The van der Waals surface area contributed by atoms with Gasteiger partial charge in [0.05, 0.1) is 10.6 Å². The summed E-state index contributed by atoms with van der Waals surface area (Å²) in [5, 5.41) is 5.57. The third-order valence-electron chi connectivity index (χ3n) is 4.45. The van der Waals surface area contributed by atoms with E-state index in [9.17, 15) is 13.2 Å². The Labute approximate surface area is 195 Å². The quantitative estimate of drug-likeness (QED) is 0.414. The Morgan fingerprint density at radius 1 is 0.935 bits per heavy atom. The SMILES string of the molecule is Cc1cccc(C)c1NS(=O)(=O)c1ccc(NC(=S)NC(=O)c2cccc(Br)c2)cc1. The molecule has 3 aromatic carbocycles. The molecule has 3 aromatic rings. The Kier molecular flexibility index (Phi) is 7.09. The molecular weight excluding hydrogens is 498 g/mol. The monoisotopic (exact) mass is 517 g/mol. The lowest BCUT2D eigenvalue weighted by molar-refractivity contribution is 0.0977. The molecule has 0 unspecified atom stereocenters. The van der Waals surface area contributed by atoms with Crippen LogP contribution in [-0.2, 0) is 10.0 Å². The van der Waals surface area contributed by atoms with Crippen LogP contribution in [0.5, 0.6) is 0 Å². The van der Waals surface area contributed by atoms with Crippen LogP contribution >= 0.6 is 28.1 Å². The van der Waals surface area contributed by atoms with Crippen LogP contribution in [-0.4, -0.2) is 19.4 Å². The molecule has 31 heavy (non-hydrogen) atoms. The summed E-state index contributed by atoms with van der Waals surface area (Å²) < 4.78 is 28.9. The molecule has 0 heterocycles. The smallest absolute Gasteiger partial charge is 0.261 e. The maximum Gasteiger partial charge on any atom is 0.261 e. The fraction of sp³-hybridized carbons (Fsp3) is 0.0909. The largest absolute Gasteiger partial charge is 0.332 e. The standard InChI is InChI=1S/C22H20BrN3O3S2/c1-14-5-3-6-15(2)20(14)26-31(28,29)19-11-9-18(10-12-19)24-22(30)25-21(27)16-7-4-8-17(23)13-16/h3-13,26H,1-2H3,(H2,24,25,27,30). The van der Waals surface area contributed by atoms with Crippen LogP contribution in [0.2, 0.25) is 0 Å². The molecule has 6 nitrogen and oxygen atoms in total. The number of halogens is 1. The van der Waals surface area contributed by atoms with Gasteiger partial charge in [0.25, 0.3) is 15.9 Å². The molecule has 0 atom stereocenters. The number of carbonyl (C=O) groups excluding carboxylic acids is 1. The molecule has 0 aliphatic rings. The molecule has 0 aromatic heterocycles. The molecule has 1 amide bonds. The predicted molar refractivity (Wildman–Crippen MR) is 131 cm³/mol. The van der Waals surface area contributed by atoms with Crippen LogP contribution in [0.1, 0.15) is 21.5 Å². The molecule has 0 bridgehead atoms. The minimum absolute atomic E-state index is 0.106. The van der Waals surface area contributed by atoms with Gasteiger partial charge < -0.3 is 5.32 Å². The number of thiocarbonyl (C=S) groups is 1. The highest BCUT2D eigenvalue weighted by Crippen LogP contribution is 2.24. The second-order valence-electron chi connectivity index (χ2n) is 6.82. The summed E-state index contributed by atoms with van der Waals surface area (Å²) in [6, 6.07) is 18.6. The first-order chi connectivity index (χ1) is 14.7. The van der Waals surface area contributed by atoms with Gasteiger partial charge in [-0.25, -0.2) is 8.42 Å². The molecule has 0 saturated heterocycles. The maximum atomic E-state index is 12.8. The van der Waals surface area contributed by atoms with Crippen molar-refractivity contribution in [3.05, 3.63) is 87.9 Å². The number of nitrogens with one attached hydrogen (secondary N) is 3. The van der Waals surface area contributed by atoms with Gasteiger partial charge in [-0.05, 0) is 79.7 Å². The van der Waals surface area contributed by atoms with Crippen LogP contribution in [0.15, 0.2) is 76.1 Å². The zero-order valence-corrected chi connectivity index (χ0v) is 20.0. The number of hydrogen-bond donors (Lipinski definition) is 3. The van der Waals surface area contributed by atoms with Gasteiger partial charge in [-0.1, -0.05) is 40.2 Å². The van der Waals surface area contributed by atoms with Crippen molar-refractivity contribution in [2.75, 3.05) is 10.0 Å². The van der Waals surface area contributed by atoms with Crippen molar-refractivity contribution in [1.29, 1.82) is 0 Å². The third kappa shape index (κ3) is 5.90. The Hall–Kier alpha value is -2.75. The van der Waals surface area contributed by atoms with Gasteiger partial charge >= 0.3 is 0 Å². The summed E-state index contributed by atoms with van der Waals surface area (Å²) in [5.74, 6) is -0.351. The number of para-hydroxylation sites is 1. The summed E-state index contributed by atoms with van der Waals surface area (Å²) in [6.07, 6.45) is 0. The number of anilines is 2. The lowest BCUT2D eigenvalue weighted by Crippen LogP contribution is -2.34. The van der Waals surface area contributed by atoms with E-state index < -0.39 is 10.0 Å². The van der Waals surface area contributed by atoms with Gasteiger partial charge in [-0.15, -0.1) is 0 Å². The minimum Gasteiger partial charge on any atom is -0.332 e. The molecular formula is C22H20BrN3O3S2. The van der Waals surface area contributed by atoms with E-state index in [4.69, 9.17) is 12.2 Å². The van der Waals surface area contributed by atoms with Gasteiger partial charge in [0, 0.05) is 15.7 Å². The van der Waals surface area contributed by atoms with Gasteiger partial charge in [-0.3, -0.25) is 14.8 Å². The van der Waals surface area contributed by atoms with Crippen molar-refractivity contribution >= 4 is 60.6 Å². The third-order valence-corrected chi connectivity index (χ3v) is 6.52. The topological polar surface area (TPSA) is 87.3 Å². The minimum atomic E-state index is -3.75. The average molecular weight is 518 g/mol. The lowest BCUT2D eigenvalue weighted by Gasteiger charge is -2.14. The molecule has 0 spiro atoms. The Balaban J connectivity index is 1.67. The van der Waals surface area contributed by atoms with Crippen LogP contribution in [0.25, 0.3) is 0 Å². The van der Waals surface area contributed by atoms with Crippen molar-refractivity contribution in [3.8, 4) is 0 Å². The van der Waals surface area contributed by atoms with E-state index in [1.54, 1.807) is 30.3 Å². The number of rotatable bonds is 5. The Bertz CT molecular complexity index is 1220. The molecule has 0 aliphatic carbocycles. The summed E-state index contributed by atoms with van der Waals surface area (Å²) in [7, 11) is -3.75. The second kappa shape index (κ2) is 9.59. The highest BCUT2D eigenvalue weighted by atomic mass is 79.9. The van der Waals surface area contributed by atoms with Crippen molar-refractivity contribution in [3.63, 3.8) is 0 Å². The summed E-state index contributed by atoms with van der Waals surface area (Å²) in [4.78, 5) is 12.4. The Morgan fingerprint density at radius 2 is 1.55 bits per heavy atom. The molecule has 0 radical (unpaired) electrons. The molecule has 0 aliphatic heterocycles. The molecule has 3 rings (SSSR count). The number of benzene rings is 3. The van der Waals surface area contributed by atoms with Gasteiger partial charge in [0.1, 0.15) is 0 Å². The number of hydrogen-bond acceptors (Lipinski definition) is 4. The van der Waals surface area contributed by atoms with E-state index in [0.29, 0.717) is 16.9 Å². The number of sulfonamides is 1. The fourth-order valence-corrected chi connectivity index (χ4v) is 4.67. The van der Waals surface area contributed by atoms with E-state index in [-0.39, 0.29) is 15.9 Å². The van der Waals surface area contributed by atoms with E-state index in [1.807, 2.05) is 38.1 Å². The summed E-state index contributed by atoms with van der Waals surface area (Å²) in [5.41, 5.74) is 3.26. The first-order valence-corrected chi connectivity index (χ1v) is 11.9. The van der Waals surface area contributed by atoms with Crippen LogP contribution in [0.4, 0.5) is 11.4 Å². The summed E-state index contributed by atoms with van der Waals surface area (Å²) in [6.45, 7) is 3.70. The summed E-state index contributed by atoms with van der Waals surface area (Å²) >= 11 is 8.50. The van der Waals surface area contributed by atoms with E-state index in [2.05, 4.69) is 31.3 Å². The highest BCUT2D eigenvalue weighted by Gasteiger charge is 2.16. The van der Waals surface area contributed by atoms with Gasteiger partial charge in [0.2, 0.25) is 0 Å². The van der Waals surface area contributed by atoms with Gasteiger partial charge in [0.15, 0.2) is 5.11 Å². The van der Waals surface area contributed by atoms with E-state index in [1.165, 1.54) is 12.1 Å². The number of carbonyl (C=O) groups is 1. The normalized spacial score (nSPS) is 10.9. The Morgan fingerprint density at radius 3 is 2.16 bits per heavy atom. The van der Waals surface area contributed by atoms with E-state index >= 15 is 0 Å². The first kappa shape index (κ1) is 22.9. The molecule has 160 valence electrons. The number of aryl methyl sites for hydroxylation is 2. The van der Waals surface area contributed by atoms with Crippen LogP contribution in [0.3, 0.4) is 0 Å². The molecule has 3 N–H and O–H groups in total. The average Bonchev–Trinajstić information content (AvgIpc) is 2.71. The lowest BCUT2D eigenvalue weighted by atomic mass is 10.1. The molecule has 0 fully saturated rings. The molecule has 0 saturated carbocycles. The van der Waals surface area contributed by atoms with Crippen molar-refractivity contribution in [2.45, 2.75) is 18.7 Å².